The van der Waals surface area contributed by atoms with E-state index in [1.54, 1.807) is 0 Å². The Morgan fingerprint density at radius 3 is 2.36 bits per heavy atom. The minimum atomic E-state index is -2.13. The fourth-order valence-electron chi connectivity index (χ4n) is 1.07. The maximum Gasteiger partial charge on any atom is 0.373 e. The highest BCUT2D eigenvalue weighted by Gasteiger charge is 2.39. The fourth-order valence-corrected chi connectivity index (χ4v) is 1.07. The molecule has 3 N–H and O–H groups in total. The summed E-state index contributed by atoms with van der Waals surface area (Å²) in [6.07, 6.45) is 0.348. The molecule has 0 fully saturated rings. The van der Waals surface area contributed by atoms with Crippen molar-refractivity contribution in [1.82, 2.24) is 0 Å². The third-order valence-electron chi connectivity index (χ3n) is 1.85. The van der Waals surface area contributed by atoms with Crippen LogP contribution in [0.3, 0.4) is 0 Å². The van der Waals surface area contributed by atoms with Crippen molar-refractivity contribution >= 4 is 11.9 Å². The van der Waals surface area contributed by atoms with Crippen LogP contribution in [0.1, 0.15) is 32.6 Å². The summed E-state index contributed by atoms with van der Waals surface area (Å²) in [5, 5.41) is 26.1. The minimum Gasteiger partial charge on any atom is -0.481 e. The third-order valence-corrected chi connectivity index (χ3v) is 1.85. The van der Waals surface area contributed by atoms with Gasteiger partial charge in [-0.15, -0.1) is 0 Å². The zero-order chi connectivity index (χ0) is 11.2. The highest BCUT2D eigenvalue weighted by molar-refractivity contribution is 5.84. The molecule has 0 aliphatic heterocycles. The number of hydrogen-bond donors (Lipinski definition) is 3. The summed E-state index contributed by atoms with van der Waals surface area (Å²) in [7, 11) is 0. The molecular weight excluding hydrogens is 192 g/mol. The zero-order valence-electron chi connectivity index (χ0n) is 7.89. The highest BCUT2D eigenvalue weighted by Crippen LogP contribution is 2.20. The largest absolute Gasteiger partial charge is 0.481 e. The second-order valence-electron chi connectivity index (χ2n) is 3.08. The van der Waals surface area contributed by atoms with Crippen LogP contribution in [-0.4, -0.2) is 33.0 Å². The normalized spacial score (nSPS) is 14.5. The van der Waals surface area contributed by atoms with Crippen molar-refractivity contribution < 1.29 is 29.9 Å². The first-order valence-electron chi connectivity index (χ1n) is 4.26. The van der Waals surface area contributed by atoms with Gasteiger partial charge in [0.1, 0.15) is 0 Å². The van der Waals surface area contributed by atoms with E-state index in [0.717, 1.165) is 0 Å². The first kappa shape index (κ1) is 12.9. The molecule has 0 spiro atoms. The Labute approximate surface area is 81.0 Å². The number of carbonyl (C=O) groups is 2. The lowest BCUT2D eigenvalue weighted by Crippen LogP contribution is -2.41. The molecule has 0 aromatic heterocycles. The van der Waals surface area contributed by atoms with E-state index in [1.807, 2.05) is 6.92 Å². The van der Waals surface area contributed by atoms with Crippen molar-refractivity contribution in [3.63, 3.8) is 0 Å². The van der Waals surface area contributed by atoms with Gasteiger partial charge in [0.15, 0.2) is 5.60 Å². The SMILES string of the molecule is CCCCC(O)(CC(=O)O)C(=O)OO. The van der Waals surface area contributed by atoms with Crippen LogP contribution in [0.2, 0.25) is 0 Å². The molecule has 0 aliphatic rings. The Kier molecular flexibility index (Phi) is 5.11. The molecule has 0 saturated carbocycles. The Morgan fingerprint density at radius 1 is 1.43 bits per heavy atom. The molecule has 82 valence electrons. The van der Waals surface area contributed by atoms with Crippen LogP contribution in [-0.2, 0) is 14.5 Å². The van der Waals surface area contributed by atoms with Gasteiger partial charge in [0, 0.05) is 0 Å². The average molecular weight is 206 g/mol. The number of carboxylic acid groups (broad SMARTS) is 1. The highest BCUT2D eigenvalue weighted by atomic mass is 17.1. The Morgan fingerprint density at radius 2 is 2.00 bits per heavy atom. The van der Waals surface area contributed by atoms with E-state index in [2.05, 4.69) is 4.89 Å². The Balaban J connectivity index is 4.48. The van der Waals surface area contributed by atoms with Gasteiger partial charge in [-0.2, -0.15) is 5.26 Å². The van der Waals surface area contributed by atoms with Gasteiger partial charge in [-0.1, -0.05) is 19.8 Å². The van der Waals surface area contributed by atoms with E-state index >= 15 is 0 Å². The summed E-state index contributed by atoms with van der Waals surface area (Å²) in [5.74, 6) is -2.65. The van der Waals surface area contributed by atoms with E-state index in [9.17, 15) is 14.7 Å². The van der Waals surface area contributed by atoms with E-state index in [4.69, 9.17) is 10.4 Å². The fraction of sp³-hybridized carbons (Fsp3) is 0.750. The standard InChI is InChI=1S/C8H14O6/c1-2-3-4-8(12,5-6(9)10)7(11)14-13/h12-13H,2-5H2,1H3,(H,9,10). The molecule has 0 aromatic carbocycles. The van der Waals surface area contributed by atoms with Crippen molar-refractivity contribution in [3.05, 3.63) is 0 Å². The smallest absolute Gasteiger partial charge is 0.373 e. The first-order chi connectivity index (χ1) is 6.46. The van der Waals surface area contributed by atoms with Crippen LogP contribution in [0.15, 0.2) is 0 Å². The van der Waals surface area contributed by atoms with Crippen LogP contribution < -0.4 is 0 Å². The minimum absolute atomic E-state index is 0.0464. The average Bonchev–Trinajstić information content (AvgIpc) is 2.12. The predicted molar refractivity (Wildman–Crippen MR) is 45.4 cm³/mol. The van der Waals surface area contributed by atoms with Crippen molar-refractivity contribution in [2.75, 3.05) is 0 Å². The van der Waals surface area contributed by atoms with Crippen LogP contribution in [0.4, 0.5) is 0 Å². The maximum absolute atomic E-state index is 10.9. The topological polar surface area (TPSA) is 104 Å². The lowest BCUT2D eigenvalue weighted by molar-refractivity contribution is -0.253. The summed E-state index contributed by atoms with van der Waals surface area (Å²) in [4.78, 5) is 24.6. The van der Waals surface area contributed by atoms with Gasteiger partial charge in [-0.25, -0.2) is 4.79 Å². The summed E-state index contributed by atoms with van der Waals surface area (Å²) in [5.41, 5.74) is -2.13. The van der Waals surface area contributed by atoms with Crippen molar-refractivity contribution in [3.8, 4) is 0 Å². The quantitative estimate of drug-likeness (QED) is 0.429. The summed E-state index contributed by atoms with van der Waals surface area (Å²) < 4.78 is 0. The molecule has 0 bridgehead atoms. The van der Waals surface area contributed by atoms with Gasteiger partial charge in [-0.3, -0.25) is 9.68 Å². The number of hydrogen-bond acceptors (Lipinski definition) is 5. The second-order valence-corrected chi connectivity index (χ2v) is 3.08. The van der Waals surface area contributed by atoms with E-state index in [1.165, 1.54) is 0 Å². The molecule has 6 nitrogen and oxygen atoms in total. The molecule has 0 heterocycles. The van der Waals surface area contributed by atoms with Gasteiger partial charge in [0.25, 0.3) is 0 Å². The van der Waals surface area contributed by atoms with Gasteiger partial charge in [0.05, 0.1) is 6.42 Å². The van der Waals surface area contributed by atoms with Gasteiger partial charge in [0.2, 0.25) is 0 Å². The van der Waals surface area contributed by atoms with Gasteiger partial charge >= 0.3 is 11.9 Å². The Bertz CT molecular complexity index is 214. The Hall–Kier alpha value is -1.14. The van der Waals surface area contributed by atoms with Crippen molar-refractivity contribution in [2.45, 2.75) is 38.2 Å². The summed E-state index contributed by atoms with van der Waals surface area (Å²) in [6, 6.07) is 0. The lowest BCUT2D eigenvalue weighted by Gasteiger charge is -2.21. The molecule has 0 radical (unpaired) electrons. The number of carboxylic acids is 1. The van der Waals surface area contributed by atoms with Crippen LogP contribution in [0, 0.1) is 0 Å². The number of rotatable bonds is 6. The number of aliphatic hydroxyl groups is 1. The zero-order valence-corrected chi connectivity index (χ0v) is 7.89. The van der Waals surface area contributed by atoms with Gasteiger partial charge < -0.3 is 10.2 Å². The monoisotopic (exact) mass is 206 g/mol. The molecule has 1 atom stereocenters. The van der Waals surface area contributed by atoms with Gasteiger partial charge in [-0.05, 0) is 6.42 Å². The number of aliphatic carboxylic acids is 1. The molecule has 0 amide bonds. The molecule has 0 aliphatic carbocycles. The molecule has 0 saturated heterocycles. The second kappa shape index (κ2) is 5.56. The third kappa shape index (κ3) is 3.71. The molecule has 0 aromatic rings. The molecule has 1 unspecified atom stereocenters. The number of carbonyl (C=O) groups excluding carboxylic acids is 1. The van der Waals surface area contributed by atoms with E-state index in [0.29, 0.717) is 12.8 Å². The lowest BCUT2D eigenvalue weighted by atomic mass is 9.93. The van der Waals surface area contributed by atoms with E-state index < -0.39 is 24.0 Å². The maximum atomic E-state index is 10.9. The molecule has 6 heteroatoms. The summed E-state index contributed by atoms with van der Waals surface area (Å²) in [6.45, 7) is 1.82. The number of unbranched alkanes of at least 4 members (excludes halogenated alkanes) is 1. The molecule has 0 rings (SSSR count). The first-order valence-corrected chi connectivity index (χ1v) is 4.26. The van der Waals surface area contributed by atoms with Crippen LogP contribution in [0.5, 0.6) is 0 Å². The van der Waals surface area contributed by atoms with Crippen molar-refractivity contribution in [1.29, 1.82) is 0 Å². The summed E-state index contributed by atoms with van der Waals surface area (Å²) >= 11 is 0. The molecular formula is C8H14O6. The van der Waals surface area contributed by atoms with Crippen LogP contribution in [0.25, 0.3) is 0 Å². The van der Waals surface area contributed by atoms with Crippen molar-refractivity contribution in [2.24, 2.45) is 0 Å². The predicted octanol–water partition coefficient (Wildman–Crippen LogP) is 0.399. The van der Waals surface area contributed by atoms with E-state index in [-0.39, 0.29) is 6.42 Å². The molecule has 14 heavy (non-hydrogen) atoms. The van der Waals surface area contributed by atoms with Crippen LogP contribution >= 0.6 is 0 Å².